The van der Waals surface area contributed by atoms with Gasteiger partial charge < -0.3 is 4.90 Å². The zero-order valence-electron chi connectivity index (χ0n) is 10.6. The maximum Gasteiger partial charge on any atom is 0.348 e. The SMILES string of the molecule is CN(c1cc2n[nH]c(=O)n2cn1)c1ccccc1C#N. The molecule has 98 valence electrons. The van der Waals surface area contributed by atoms with Gasteiger partial charge in [-0.05, 0) is 12.1 Å². The predicted octanol–water partition coefficient (Wildman–Crippen LogP) is 1.06. The van der Waals surface area contributed by atoms with E-state index in [1.54, 1.807) is 30.1 Å². The summed E-state index contributed by atoms with van der Waals surface area (Å²) < 4.78 is 1.31. The molecule has 0 atom stereocenters. The van der Waals surface area contributed by atoms with Gasteiger partial charge in [-0.2, -0.15) is 10.4 Å². The number of nitrogens with zero attached hydrogens (tertiary/aromatic N) is 5. The lowest BCUT2D eigenvalue weighted by Gasteiger charge is -2.19. The molecule has 0 aliphatic heterocycles. The van der Waals surface area contributed by atoms with E-state index >= 15 is 0 Å². The maximum absolute atomic E-state index is 11.4. The van der Waals surface area contributed by atoms with Crippen LogP contribution < -0.4 is 10.6 Å². The van der Waals surface area contributed by atoms with Crippen molar-refractivity contribution in [3.63, 3.8) is 0 Å². The minimum absolute atomic E-state index is 0.334. The second-order valence-electron chi connectivity index (χ2n) is 4.19. The van der Waals surface area contributed by atoms with E-state index in [9.17, 15) is 4.79 Å². The molecule has 0 saturated carbocycles. The number of aromatic nitrogens is 4. The van der Waals surface area contributed by atoms with Crippen molar-refractivity contribution in [1.82, 2.24) is 19.6 Å². The Morgan fingerprint density at radius 2 is 2.20 bits per heavy atom. The zero-order chi connectivity index (χ0) is 14.1. The molecule has 20 heavy (non-hydrogen) atoms. The molecule has 0 unspecified atom stereocenters. The van der Waals surface area contributed by atoms with Crippen LogP contribution in [-0.2, 0) is 0 Å². The highest BCUT2D eigenvalue weighted by Gasteiger charge is 2.11. The normalized spacial score (nSPS) is 10.4. The lowest BCUT2D eigenvalue weighted by Crippen LogP contribution is -2.15. The van der Waals surface area contributed by atoms with E-state index in [4.69, 9.17) is 5.26 Å². The summed E-state index contributed by atoms with van der Waals surface area (Å²) in [6.45, 7) is 0. The third kappa shape index (κ3) is 1.80. The van der Waals surface area contributed by atoms with E-state index in [1.165, 1.54) is 10.7 Å². The van der Waals surface area contributed by atoms with Crippen molar-refractivity contribution < 1.29 is 0 Å². The second-order valence-corrected chi connectivity index (χ2v) is 4.19. The lowest BCUT2D eigenvalue weighted by molar-refractivity contribution is 0.986. The molecular weight excluding hydrogens is 256 g/mol. The Hall–Kier alpha value is -3.14. The fourth-order valence-corrected chi connectivity index (χ4v) is 1.97. The van der Waals surface area contributed by atoms with E-state index in [0.29, 0.717) is 17.0 Å². The molecule has 3 rings (SSSR count). The summed E-state index contributed by atoms with van der Waals surface area (Å²) in [4.78, 5) is 17.4. The summed E-state index contributed by atoms with van der Waals surface area (Å²) >= 11 is 0. The Bertz CT molecular complexity index is 872. The van der Waals surface area contributed by atoms with Gasteiger partial charge in [-0.25, -0.2) is 19.3 Å². The van der Waals surface area contributed by atoms with Gasteiger partial charge in [0.25, 0.3) is 0 Å². The largest absolute Gasteiger partial charge is 0.348 e. The summed E-state index contributed by atoms with van der Waals surface area (Å²) in [5.41, 5.74) is 1.43. The number of anilines is 2. The van der Waals surface area contributed by atoms with Gasteiger partial charge in [0.1, 0.15) is 18.2 Å². The summed E-state index contributed by atoms with van der Waals surface area (Å²) in [7, 11) is 1.81. The van der Waals surface area contributed by atoms with Crippen LogP contribution in [0.3, 0.4) is 0 Å². The van der Waals surface area contributed by atoms with Gasteiger partial charge in [0, 0.05) is 13.1 Å². The van der Waals surface area contributed by atoms with Crippen molar-refractivity contribution in [2.24, 2.45) is 0 Å². The number of fused-ring (bicyclic) bond motifs is 1. The van der Waals surface area contributed by atoms with Crippen LogP contribution in [0, 0.1) is 11.3 Å². The van der Waals surface area contributed by atoms with E-state index < -0.39 is 0 Å². The predicted molar refractivity (Wildman–Crippen MR) is 72.8 cm³/mol. The van der Waals surface area contributed by atoms with Gasteiger partial charge in [0.2, 0.25) is 0 Å². The van der Waals surface area contributed by atoms with E-state index in [1.807, 2.05) is 12.1 Å². The standard InChI is InChI=1S/C13H10N6O/c1-18(10-5-3-2-4-9(10)7-14)11-6-12-16-17-13(20)19(12)8-15-11/h2-6,8H,1H3,(H,17,20). The van der Waals surface area contributed by atoms with Crippen molar-refractivity contribution in [2.45, 2.75) is 0 Å². The molecule has 3 aromatic rings. The van der Waals surface area contributed by atoms with Crippen LogP contribution in [0.2, 0.25) is 0 Å². The topological polar surface area (TPSA) is 90.1 Å². The van der Waals surface area contributed by atoms with Crippen molar-refractivity contribution >= 4 is 17.2 Å². The molecule has 0 fully saturated rings. The van der Waals surface area contributed by atoms with Crippen LogP contribution in [0.1, 0.15) is 5.56 Å². The van der Waals surface area contributed by atoms with Gasteiger partial charge in [-0.15, -0.1) is 0 Å². The van der Waals surface area contributed by atoms with Crippen molar-refractivity contribution in [1.29, 1.82) is 5.26 Å². The van der Waals surface area contributed by atoms with Crippen LogP contribution in [0.5, 0.6) is 0 Å². The zero-order valence-corrected chi connectivity index (χ0v) is 10.6. The van der Waals surface area contributed by atoms with Gasteiger partial charge in [0.05, 0.1) is 11.3 Å². The minimum atomic E-state index is -0.334. The Morgan fingerprint density at radius 3 is 3.00 bits per heavy atom. The highest BCUT2D eigenvalue weighted by molar-refractivity contribution is 5.68. The van der Waals surface area contributed by atoms with Gasteiger partial charge in [-0.1, -0.05) is 12.1 Å². The average molecular weight is 266 g/mol. The van der Waals surface area contributed by atoms with Crippen molar-refractivity contribution in [3.05, 3.63) is 52.7 Å². The quantitative estimate of drug-likeness (QED) is 0.749. The van der Waals surface area contributed by atoms with E-state index in [0.717, 1.165) is 5.69 Å². The summed E-state index contributed by atoms with van der Waals surface area (Å²) in [6.07, 6.45) is 1.40. The van der Waals surface area contributed by atoms with Crippen LogP contribution in [0.25, 0.3) is 5.65 Å². The molecule has 2 aromatic heterocycles. The third-order valence-electron chi connectivity index (χ3n) is 3.02. The summed E-state index contributed by atoms with van der Waals surface area (Å²) in [5, 5.41) is 15.4. The van der Waals surface area contributed by atoms with Crippen LogP contribution >= 0.6 is 0 Å². The molecule has 0 radical (unpaired) electrons. The number of benzene rings is 1. The van der Waals surface area contributed by atoms with Gasteiger partial charge in [-0.3, -0.25) is 0 Å². The second kappa shape index (κ2) is 4.51. The first-order chi connectivity index (χ1) is 9.70. The fraction of sp³-hybridized carbons (Fsp3) is 0.0769. The maximum atomic E-state index is 11.4. The Kier molecular flexibility index (Phi) is 2.69. The summed E-state index contributed by atoms with van der Waals surface area (Å²) in [5.74, 6) is 0.596. The number of aromatic amines is 1. The molecule has 2 heterocycles. The molecule has 7 nitrogen and oxygen atoms in total. The average Bonchev–Trinajstić information content (AvgIpc) is 2.87. The Morgan fingerprint density at radius 1 is 1.40 bits per heavy atom. The molecule has 0 spiro atoms. The van der Waals surface area contributed by atoms with Gasteiger partial charge >= 0.3 is 5.69 Å². The molecule has 0 aliphatic rings. The highest BCUT2D eigenvalue weighted by atomic mass is 16.1. The highest BCUT2D eigenvalue weighted by Crippen LogP contribution is 2.25. The molecular formula is C13H10N6O. The number of H-pyrrole nitrogens is 1. The van der Waals surface area contributed by atoms with E-state index in [2.05, 4.69) is 21.3 Å². The number of rotatable bonds is 2. The minimum Gasteiger partial charge on any atom is -0.328 e. The lowest BCUT2D eigenvalue weighted by atomic mass is 10.2. The Balaban J connectivity index is 2.10. The first-order valence-corrected chi connectivity index (χ1v) is 5.86. The molecule has 7 heteroatoms. The fourth-order valence-electron chi connectivity index (χ4n) is 1.97. The van der Waals surface area contributed by atoms with Crippen molar-refractivity contribution in [2.75, 3.05) is 11.9 Å². The molecule has 1 N–H and O–H groups in total. The van der Waals surface area contributed by atoms with Gasteiger partial charge in [0.15, 0.2) is 5.65 Å². The van der Waals surface area contributed by atoms with E-state index in [-0.39, 0.29) is 5.69 Å². The molecule has 0 amide bonds. The third-order valence-corrected chi connectivity index (χ3v) is 3.02. The van der Waals surface area contributed by atoms with Crippen LogP contribution in [-0.4, -0.2) is 26.6 Å². The molecule has 0 aliphatic carbocycles. The number of nitrogens with one attached hydrogen (secondary N) is 1. The van der Waals surface area contributed by atoms with Crippen LogP contribution in [0.4, 0.5) is 11.5 Å². The first-order valence-electron chi connectivity index (χ1n) is 5.86. The molecule has 1 aromatic carbocycles. The monoisotopic (exact) mass is 266 g/mol. The first kappa shape index (κ1) is 11.9. The number of para-hydroxylation sites is 1. The smallest absolute Gasteiger partial charge is 0.328 e. The van der Waals surface area contributed by atoms with Crippen molar-refractivity contribution in [3.8, 4) is 6.07 Å². The Labute approximate surface area is 113 Å². The molecule has 0 saturated heterocycles. The van der Waals surface area contributed by atoms with Crippen LogP contribution in [0.15, 0.2) is 41.5 Å². The number of hydrogen-bond donors (Lipinski definition) is 1. The number of hydrogen-bond acceptors (Lipinski definition) is 5. The number of nitriles is 1. The summed E-state index contributed by atoms with van der Waals surface area (Å²) in [6, 6.07) is 11.0. The molecule has 0 bridgehead atoms.